The minimum absolute atomic E-state index is 0.614. The van der Waals surface area contributed by atoms with E-state index in [1.54, 1.807) is 10.9 Å². The third-order valence-electron chi connectivity index (χ3n) is 5.83. The fourth-order valence-corrected chi connectivity index (χ4v) is 4.04. The Balaban J connectivity index is 1.29. The van der Waals surface area contributed by atoms with E-state index in [1.807, 2.05) is 7.05 Å². The highest BCUT2D eigenvalue weighted by Crippen LogP contribution is 2.25. The summed E-state index contributed by atoms with van der Waals surface area (Å²) in [6, 6.07) is 17.0. The predicted molar refractivity (Wildman–Crippen MR) is 125 cm³/mol. The number of rotatable bonds is 6. The topological polar surface area (TPSA) is 70.9 Å². The van der Waals surface area contributed by atoms with Crippen LogP contribution in [-0.4, -0.2) is 44.3 Å². The van der Waals surface area contributed by atoms with Crippen LogP contribution in [0.15, 0.2) is 54.7 Å². The van der Waals surface area contributed by atoms with Crippen LogP contribution < -0.4 is 10.6 Å². The number of anilines is 3. The number of nitrogens with one attached hydrogen (secondary N) is 2. The molecule has 0 bridgehead atoms. The monoisotopic (exact) mass is 413 g/mol. The van der Waals surface area contributed by atoms with E-state index in [0.717, 1.165) is 55.1 Å². The summed E-state index contributed by atoms with van der Waals surface area (Å²) in [5, 5.41) is 12.1. The zero-order chi connectivity index (χ0) is 21.2. The summed E-state index contributed by atoms with van der Waals surface area (Å²) < 4.78 is 1.78. The molecule has 3 heterocycles. The van der Waals surface area contributed by atoms with Crippen molar-refractivity contribution in [2.75, 3.05) is 30.3 Å². The van der Waals surface area contributed by atoms with Gasteiger partial charge in [0, 0.05) is 38.9 Å². The molecule has 2 N–H and O–H groups in total. The first kappa shape index (κ1) is 19.5. The molecule has 2 aromatic carbocycles. The second-order valence-corrected chi connectivity index (χ2v) is 8.11. The number of hydrogen-bond acceptors (Lipinski definition) is 6. The third-order valence-corrected chi connectivity index (χ3v) is 5.83. The lowest BCUT2D eigenvalue weighted by molar-refractivity contribution is 0.264. The van der Waals surface area contributed by atoms with Gasteiger partial charge in [0.25, 0.3) is 0 Å². The average Bonchev–Trinajstić information content (AvgIpc) is 3.16. The maximum absolute atomic E-state index is 4.75. The van der Waals surface area contributed by atoms with Crippen molar-refractivity contribution in [1.29, 1.82) is 0 Å². The molecular weight excluding hydrogens is 386 g/mol. The van der Waals surface area contributed by atoms with Crippen molar-refractivity contribution in [1.82, 2.24) is 24.6 Å². The molecule has 0 spiro atoms. The van der Waals surface area contributed by atoms with Crippen molar-refractivity contribution in [3.63, 3.8) is 0 Å². The van der Waals surface area contributed by atoms with Crippen LogP contribution in [0.1, 0.15) is 16.7 Å². The molecule has 0 saturated heterocycles. The number of fused-ring (bicyclic) bond motifs is 2. The first-order chi connectivity index (χ1) is 15.2. The van der Waals surface area contributed by atoms with Crippen LogP contribution in [-0.2, 0) is 20.0 Å². The summed E-state index contributed by atoms with van der Waals surface area (Å²) in [5.41, 5.74) is 5.93. The Bertz CT molecular complexity index is 1200. The van der Waals surface area contributed by atoms with Crippen LogP contribution in [0.4, 0.5) is 17.5 Å². The highest BCUT2D eigenvalue weighted by Gasteiger charge is 2.16. The second kappa shape index (κ2) is 8.35. The van der Waals surface area contributed by atoms with E-state index < -0.39 is 0 Å². The predicted octanol–water partition coefficient (Wildman–Crippen LogP) is 3.89. The molecule has 0 radical (unpaired) electrons. The van der Waals surface area contributed by atoms with E-state index in [-0.39, 0.29) is 0 Å². The summed E-state index contributed by atoms with van der Waals surface area (Å²) in [7, 11) is 1.90. The van der Waals surface area contributed by atoms with Gasteiger partial charge in [-0.15, -0.1) is 0 Å². The maximum atomic E-state index is 4.75. The Morgan fingerprint density at radius 2 is 1.81 bits per heavy atom. The van der Waals surface area contributed by atoms with Crippen molar-refractivity contribution in [2.24, 2.45) is 7.05 Å². The largest absolute Gasteiger partial charge is 0.353 e. The van der Waals surface area contributed by atoms with Crippen LogP contribution >= 0.6 is 0 Å². The first-order valence-corrected chi connectivity index (χ1v) is 10.7. The van der Waals surface area contributed by atoms with Gasteiger partial charge in [0.2, 0.25) is 5.95 Å². The molecule has 0 amide bonds. The Morgan fingerprint density at radius 3 is 2.65 bits per heavy atom. The fraction of sp³-hybridized carbons (Fsp3) is 0.292. The average molecular weight is 414 g/mol. The molecule has 0 atom stereocenters. The Labute approximate surface area is 182 Å². The standard InChI is InChI=1S/C24H27N7/c1-17-7-9-20(10-8-17)27-22-21-15-26-30(2)23(21)29-24(28-22)25-12-14-31-13-11-18-5-3-4-6-19(18)16-31/h3-10,15H,11-14,16H2,1-2H3,(H2,25,27,28,29). The minimum atomic E-state index is 0.614. The molecule has 5 rings (SSSR count). The van der Waals surface area contributed by atoms with Crippen LogP contribution in [0.5, 0.6) is 0 Å². The van der Waals surface area contributed by atoms with Gasteiger partial charge in [0.05, 0.1) is 11.6 Å². The van der Waals surface area contributed by atoms with Crippen molar-refractivity contribution in [3.8, 4) is 0 Å². The normalized spacial score (nSPS) is 13.9. The molecule has 0 unspecified atom stereocenters. The van der Waals surface area contributed by atoms with Crippen molar-refractivity contribution in [3.05, 3.63) is 71.4 Å². The molecular formula is C24H27N7. The summed E-state index contributed by atoms with van der Waals surface area (Å²) >= 11 is 0. The molecule has 0 saturated carbocycles. The highest BCUT2D eigenvalue weighted by molar-refractivity contribution is 5.89. The summed E-state index contributed by atoms with van der Waals surface area (Å²) in [6.07, 6.45) is 2.92. The lowest BCUT2D eigenvalue weighted by Crippen LogP contribution is -2.34. The lowest BCUT2D eigenvalue weighted by Gasteiger charge is -2.28. The second-order valence-electron chi connectivity index (χ2n) is 8.11. The summed E-state index contributed by atoms with van der Waals surface area (Å²) in [6.45, 7) is 5.90. The van der Waals surface area contributed by atoms with E-state index in [0.29, 0.717) is 5.95 Å². The molecule has 7 nitrogen and oxygen atoms in total. The molecule has 7 heteroatoms. The smallest absolute Gasteiger partial charge is 0.226 e. The van der Waals surface area contributed by atoms with E-state index in [2.05, 4.69) is 81.1 Å². The molecule has 158 valence electrons. The van der Waals surface area contributed by atoms with Gasteiger partial charge in [-0.2, -0.15) is 15.1 Å². The van der Waals surface area contributed by atoms with Gasteiger partial charge < -0.3 is 10.6 Å². The quantitative estimate of drug-likeness (QED) is 0.500. The van der Waals surface area contributed by atoms with E-state index in [1.165, 1.54) is 16.7 Å². The Hall–Kier alpha value is -3.45. The van der Waals surface area contributed by atoms with Crippen LogP contribution in [0, 0.1) is 6.92 Å². The number of aryl methyl sites for hydroxylation is 2. The van der Waals surface area contributed by atoms with Gasteiger partial charge in [-0.3, -0.25) is 9.58 Å². The highest BCUT2D eigenvalue weighted by atomic mass is 15.3. The van der Waals surface area contributed by atoms with Crippen LogP contribution in [0.25, 0.3) is 11.0 Å². The Morgan fingerprint density at radius 1 is 1.00 bits per heavy atom. The van der Waals surface area contributed by atoms with Gasteiger partial charge >= 0.3 is 0 Å². The molecule has 0 aliphatic carbocycles. The van der Waals surface area contributed by atoms with Gasteiger partial charge in [-0.05, 0) is 36.6 Å². The van der Waals surface area contributed by atoms with E-state index in [9.17, 15) is 0 Å². The van der Waals surface area contributed by atoms with Crippen molar-refractivity contribution in [2.45, 2.75) is 19.9 Å². The summed E-state index contributed by atoms with van der Waals surface area (Å²) in [4.78, 5) is 11.9. The lowest BCUT2D eigenvalue weighted by atomic mass is 10.00. The van der Waals surface area contributed by atoms with Crippen molar-refractivity contribution < 1.29 is 0 Å². The SMILES string of the molecule is Cc1ccc(Nc2nc(NCCN3CCc4ccccc4C3)nc3c2cnn3C)cc1. The van der Waals surface area contributed by atoms with Gasteiger partial charge in [0.1, 0.15) is 5.82 Å². The summed E-state index contributed by atoms with van der Waals surface area (Å²) in [5.74, 6) is 1.37. The van der Waals surface area contributed by atoms with Gasteiger partial charge in [-0.25, -0.2) is 0 Å². The number of benzene rings is 2. The number of nitrogens with zero attached hydrogens (tertiary/aromatic N) is 5. The molecule has 4 aromatic rings. The van der Waals surface area contributed by atoms with Gasteiger partial charge in [-0.1, -0.05) is 42.0 Å². The van der Waals surface area contributed by atoms with Crippen LogP contribution in [0.3, 0.4) is 0 Å². The zero-order valence-electron chi connectivity index (χ0n) is 18.0. The number of hydrogen-bond donors (Lipinski definition) is 2. The fourth-order valence-electron chi connectivity index (χ4n) is 4.04. The first-order valence-electron chi connectivity index (χ1n) is 10.7. The number of aromatic nitrogens is 4. The third kappa shape index (κ3) is 4.22. The molecule has 1 aliphatic rings. The molecule has 2 aromatic heterocycles. The Kier molecular flexibility index (Phi) is 5.26. The maximum Gasteiger partial charge on any atom is 0.226 e. The van der Waals surface area contributed by atoms with E-state index in [4.69, 9.17) is 4.98 Å². The molecule has 0 fully saturated rings. The zero-order valence-corrected chi connectivity index (χ0v) is 18.0. The minimum Gasteiger partial charge on any atom is -0.353 e. The van der Waals surface area contributed by atoms with Crippen LogP contribution in [0.2, 0.25) is 0 Å². The van der Waals surface area contributed by atoms with Crippen molar-refractivity contribution >= 4 is 28.5 Å². The van der Waals surface area contributed by atoms with E-state index >= 15 is 0 Å². The molecule has 31 heavy (non-hydrogen) atoms. The molecule has 1 aliphatic heterocycles. The van der Waals surface area contributed by atoms with Gasteiger partial charge in [0.15, 0.2) is 5.65 Å².